The number of hydrogen-bond acceptors (Lipinski definition) is 6. The van der Waals surface area contributed by atoms with Crippen molar-refractivity contribution in [3.8, 4) is 17.2 Å². The summed E-state index contributed by atoms with van der Waals surface area (Å²) in [6.45, 7) is 0.501. The molecule has 5 rings (SSSR count). The van der Waals surface area contributed by atoms with Crippen molar-refractivity contribution in [2.24, 2.45) is 7.05 Å². The van der Waals surface area contributed by atoms with Gasteiger partial charge >= 0.3 is 0 Å². The number of hydrogen-bond donors (Lipinski definition) is 2. The molecule has 0 atom stereocenters. The lowest BCUT2D eigenvalue weighted by molar-refractivity contribution is 0.0958. The zero-order chi connectivity index (χ0) is 24.9. The Morgan fingerprint density at radius 1 is 0.917 bits per heavy atom. The van der Waals surface area contributed by atoms with Crippen LogP contribution in [0.2, 0.25) is 0 Å². The Bertz CT molecular complexity index is 1510. The van der Waals surface area contributed by atoms with Gasteiger partial charge in [-0.25, -0.2) is 4.98 Å². The standard InChI is InChI=1S/C28H25N5O3/c1-29-27(34)25-17-23(13-14-30-25)36-22-11-12-26-24(16-22)32-28(33(26)2)31-20-9-6-10-21(15-20)35-18-19-7-4-3-5-8-19/h3-17H,18H2,1-2H3,(H,29,34)(H,31,32). The second-order valence-corrected chi connectivity index (χ2v) is 8.13. The highest BCUT2D eigenvalue weighted by atomic mass is 16.5. The first kappa shape index (κ1) is 22.9. The summed E-state index contributed by atoms with van der Waals surface area (Å²) in [6.07, 6.45) is 1.54. The summed E-state index contributed by atoms with van der Waals surface area (Å²) in [7, 11) is 3.51. The van der Waals surface area contributed by atoms with Crippen molar-refractivity contribution < 1.29 is 14.3 Å². The Labute approximate surface area is 208 Å². The Hall–Kier alpha value is -4.85. The van der Waals surface area contributed by atoms with Gasteiger partial charge in [0.25, 0.3) is 5.91 Å². The van der Waals surface area contributed by atoms with E-state index < -0.39 is 0 Å². The molecule has 2 aromatic heterocycles. The molecule has 2 N–H and O–H groups in total. The molecule has 8 heteroatoms. The van der Waals surface area contributed by atoms with E-state index in [-0.39, 0.29) is 11.6 Å². The molecule has 0 saturated heterocycles. The third kappa shape index (κ3) is 5.12. The van der Waals surface area contributed by atoms with Gasteiger partial charge in [0, 0.05) is 44.2 Å². The molecule has 3 aromatic carbocycles. The number of aromatic nitrogens is 3. The van der Waals surface area contributed by atoms with E-state index in [0.717, 1.165) is 28.0 Å². The topological polar surface area (TPSA) is 90.3 Å². The number of fused-ring (bicyclic) bond motifs is 1. The highest BCUT2D eigenvalue weighted by Gasteiger charge is 2.11. The monoisotopic (exact) mass is 479 g/mol. The van der Waals surface area contributed by atoms with Crippen molar-refractivity contribution in [2.75, 3.05) is 12.4 Å². The summed E-state index contributed by atoms with van der Waals surface area (Å²) in [5.41, 5.74) is 3.99. The fourth-order valence-corrected chi connectivity index (χ4v) is 3.75. The quantitative estimate of drug-likeness (QED) is 0.308. The molecule has 8 nitrogen and oxygen atoms in total. The zero-order valence-corrected chi connectivity index (χ0v) is 19.9. The molecule has 0 aliphatic carbocycles. The second kappa shape index (κ2) is 10.2. The van der Waals surface area contributed by atoms with Crippen molar-refractivity contribution >= 4 is 28.6 Å². The first-order valence-corrected chi connectivity index (χ1v) is 11.5. The summed E-state index contributed by atoms with van der Waals surface area (Å²) < 4.78 is 13.9. The van der Waals surface area contributed by atoms with Crippen LogP contribution in [-0.4, -0.2) is 27.5 Å². The minimum atomic E-state index is -0.272. The average Bonchev–Trinajstić information content (AvgIpc) is 3.22. The van der Waals surface area contributed by atoms with E-state index in [2.05, 4.69) is 15.6 Å². The van der Waals surface area contributed by atoms with Gasteiger partial charge in [-0.2, -0.15) is 0 Å². The molecule has 0 bridgehead atoms. The summed E-state index contributed by atoms with van der Waals surface area (Å²) in [5.74, 6) is 2.31. The van der Waals surface area contributed by atoms with Gasteiger partial charge in [-0.15, -0.1) is 0 Å². The van der Waals surface area contributed by atoms with E-state index >= 15 is 0 Å². The van der Waals surface area contributed by atoms with Crippen LogP contribution in [0.1, 0.15) is 16.1 Å². The predicted molar refractivity (Wildman–Crippen MR) is 139 cm³/mol. The van der Waals surface area contributed by atoms with Crippen LogP contribution in [0.25, 0.3) is 11.0 Å². The van der Waals surface area contributed by atoms with Crippen LogP contribution >= 0.6 is 0 Å². The average molecular weight is 480 g/mol. The number of nitrogens with zero attached hydrogens (tertiary/aromatic N) is 3. The van der Waals surface area contributed by atoms with Gasteiger partial charge in [0.05, 0.1) is 11.0 Å². The number of rotatable bonds is 8. The molecule has 5 aromatic rings. The molecular weight excluding hydrogens is 454 g/mol. The molecule has 0 spiro atoms. The molecule has 0 radical (unpaired) electrons. The van der Waals surface area contributed by atoms with Crippen LogP contribution in [0.3, 0.4) is 0 Å². The minimum absolute atomic E-state index is 0.272. The fraction of sp³-hybridized carbons (Fsp3) is 0.107. The van der Waals surface area contributed by atoms with Gasteiger partial charge in [0.2, 0.25) is 5.95 Å². The number of aryl methyl sites for hydroxylation is 1. The molecule has 0 aliphatic rings. The molecule has 36 heavy (non-hydrogen) atoms. The molecule has 2 heterocycles. The Morgan fingerprint density at radius 2 is 1.75 bits per heavy atom. The number of ether oxygens (including phenoxy) is 2. The molecule has 1 amide bonds. The number of imidazole rings is 1. The molecule has 180 valence electrons. The van der Waals surface area contributed by atoms with Gasteiger partial charge in [-0.3, -0.25) is 9.78 Å². The lowest BCUT2D eigenvalue weighted by atomic mass is 10.2. The molecular formula is C28H25N5O3. The zero-order valence-electron chi connectivity index (χ0n) is 19.9. The summed E-state index contributed by atoms with van der Waals surface area (Å²) in [4.78, 5) is 20.7. The van der Waals surface area contributed by atoms with Gasteiger partial charge in [0.15, 0.2) is 0 Å². The van der Waals surface area contributed by atoms with Gasteiger partial charge < -0.3 is 24.7 Å². The minimum Gasteiger partial charge on any atom is -0.489 e. The number of carbonyl (C=O) groups excluding carboxylic acids is 1. The van der Waals surface area contributed by atoms with Crippen molar-refractivity contribution in [1.82, 2.24) is 19.9 Å². The molecule has 0 aliphatic heterocycles. The van der Waals surface area contributed by atoms with E-state index in [0.29, 0.717) is 24.1 Å². The van der Waals surface area contributed by atoms with Crippen LogP contribution in [0, 0.1) is 0 Å². The number of benzene rings is 3. The highest BCUT2D eigenvalue weighted by molar-refractivity contribution is 5.92. The Kier molecular flexibility index (Phi) is 6.48. The number of carbonyl (C=O) groups is 1. The van der Waals surface area contributed by atoms with Crippen LogP contribution in [0.15, 0.2) is 91.1 Å². The third-order valence-electron chi connectivity index (χ3n) is 5.62. The summed E-state index contributed by atoms with van der Waals surface area (Å²) in [5, 5.41) is 5.93. The maximum Gasteiger partial charge on any atom is 0.269 e. The normalized spacial score (nSPS) is 10.7. The predicted octanol–water partition coefficient (Wildman–Crippen LogP) is 5.44. The van der Waals surface area contributed by atoms with Gasteiger partial charge in [-0.1, -0.05) is 36.4 Å². The van der Waals surface area contributed by atoms with E-state index in [1.807, 2.05) is 84.4 Å². The number of pyridine rings is 1. The number of nitrogens with one attached hydrogen (secondary N) is 2. The van der Waals surface area contributed by atoms with E-state index in [4.69, 9.17) is 14.5 Å². The first-order valence-electron chi connectivity index (χ1n) is 11.5. The molecule has 0 unspecified atom stereocenters. The molecule has 0 fully saturated rings. The maximum atomic E-state index is 11.8. The van der Waals surface area contributed by atoms with Crippen LogP contribution in [-0.2, 0) is 13.7 Å². The van der Waals surface area contributed by atoms with E-state index in [9.17, 15) is 4.79 Å². The summed E-state index contributed by atoms with van der Waals surface area (Å²) >= 11 is 0. The SMILES string of the molecule is CNC(=O)c1cc(Oc2ccc3c(c2)nc(Nc2cccc(OCc4ccccc4)c2)n3C)ccn1. The van der Waals surface area contributed by atoms with Crippen molar-refractivity contribution in [3.63, 3.8) is 0 Å². The van der Waals surface area contributed by atoms with Gasteiger partial charge in [0.1, 0.15) is 29.5 Å². The Morgan fingerprint density at radius 3 is 2.58 bits per heavy atom. The van der Waals surface area contributed by atoms with Crippen molar-refractivity contribution in [1.29, 1.82) is 0 Å². The number of anilines is 2. The van der Waals surface area contributed by atoms with E-state index in [1.165, 1.54) is 0 Å². The summed E-state index contributed by atoms with van der Waals surface area (Å²) in [6, 6.07) is 26.8. The smallest absolute Gasteiger partial charge is 0.269 e. The van der Waals surface area contributed by atoms with Crippen LogP contribution in [0.5, 0.6) is 17.2 Å². The third-order valence-corrected chi connectivity index (χ3v) is 5.62. The van der Waals surface area contributed by atoms with E-state index in [1.54, 1.807) is 25.4 Å². The maximum absolute atomic E-state index is 11.8. The first-order chi connectivity index (χ1) is 17.6. The highest BCUT2D eigenvalue weighted by Crippen LogP contribution is 2.29. The van der Waals surface area contributed by atoms with Crippen molar-refractivity contribution in [3.05, 3.63) is 102 Å². The number of amides is 1. The largest absolute Gasteiger partial charge is 0.489 e. The van der Waals surface area contributed by atoms with Crippen molar-refractivity contribution in [2.45, 2.75) is 6.61 Å². The van der Waals surface area contributed by atoms with Crippen LogP contribution in [0.4, 0.5) is 11.6 Å². The second-order valence-electron chi connectivity index (χ2n) is 8.13. The fourth-order valence-electron chi connectivity index (χ4n) is 3.75. The molecule has 0 saturated carbocycles. The van der Waals surface area contributed by atoms with Crippen LogP contribution < -0.4 is 20.1 Å². The Balaban J connectivity index is 1.32. The lowest BCUT2D eigenvalue weighted by Gasteiger charge is -2.10. The lowest BCUT2D eigenvalue weighted by Crippen LogP contribution is -2.18. The van der Waals surface area contributed by atoms with Gasteiger partial charge in [-0.05, 0) is 35.9 Å².